The van der Waals surface area contributed by atoms with E-state index in [1.54, 1.807) is 0 Å². The Morgan fingerprint density at radius 3 is 2.24 bits per heavy atom. The number of fused-ring (bicyclic) bond motifs is 1. The Kier molecular flexibility index (Phi) is 4.49. The number of rotatable bonds is 3. The van der Waals surface area contributed by atoms with E-state index < -0.39 is 17.6 Å². The molecule has 3 aromatic carbocycles. The van der Waals surface area contributed by atoms with Crippen LogP contribution < -0.4 is 5.32 Å². The summed E-state index contributed by atoms with van der Waals surface area (Å²) in [5, 5.41) is 4.94. The van der Waals surface area contributed by atoms with E-state index in [0.717, 1.165) is 28.5 Å². The van der Waals surface area contributed by atoms with E-state index in [2.05, 4.69) is 5.32 Å². The predicted octanol–water partition coefficient (Wildman–Crippen LogP) is 5.35. The van der Waals surface area contributed by atoms with Crippen LogP contribution in [0, 0.1) is 0 Å². The smallest absolute Gasteiger partial charge is 0.345 e. The highest BCUT2D eigenvalue weighted by Crippen LogP contribution is 2.29. The molecule has 3 aromatic rings. The van der Waals surface area contributed by atoms with Gasteiger partial charge in [-0.05, 0) is 47.5 Å². The molecule has 0 bridgehead atoms. The van der Waals surface area contributed by atoms with Gasteiger partial charge in [0.05, 0.1) is 11.6 Å². The normalized spacial score (nSPS) is 12.8. The minimum absolute atomic E-state index is 0.195. The van der Waals surface area contributed by atoms with Crippen LogP contribution in [0.5, 0.6) is 0 Å². The molecule has 0 spiro atoms. The van der Waals surface area contributed by atoms with E-state index in [0.29, 0.717) is 0 Å². The Bertz CT molecular complexity index is 895. The zero-order chi connectivity index (χ0) is 18.0. The Hall–Kier alpha value is -2.82. The molecule has 0 fully saturated rings. The number of carbonyl (C=O) groups excluding carboxylic acids is 1. The van der Waals surface area contributed by atoms with Crippen LogP contribution in [0.1, 0.15) is 34.5 Å². The van der Waals surface area contributed by atoms with Gasteiger partial charge in [0.25, 0.3) is 5.91 Å². The number of nitrogens with one attached hydrogen (secondary N) is 1. The molecule has 128 valence electrons. The first-order chi connectivity index (χ1) is 11.9. The lowest BCUT2D eigenvalue weighted by molar-refractivity contribution is -0.137. The number of amides is 1. The standard InChI is InChI=1S/C20H16F3NO/c1-13(17-8-4-6-14-5-2-3-7-18(14)17)24-19(25)15-9-11-16(12-10-15)20(21,22)23/h2-13H,1H3,(H,24,25)/t13-/m0/s1. The Labute approximate surface area is 143 Å². The molecule has 1 atom stereocenters. The van der Waals surface area contributed by atoms with Crippen molar-refractivity contribution < 1.29 is 18.0 Å². The van der Waals surface area contributed by atoms with Crippen molar-refractivity contribution in [2.75, 3.05) is 0 Å². The summed E-state index contributed by atoms with van der Waals surface area (Å²) in [5.74, 6) is -0.408. The number of carbonyl (C=O) groups is 1. The molecule has 0 aromatic heterocycles. The quantitative estimate of drug-likeness (QED) is 0.682. The van der Waals surface area contributed by atoms with Gasteiger partial charge < -0.3 is 5.32 Å². The van der Waals surface area contributed by atoms with Crippen molar-refractivity contribution in [2.24, 2.45) is 0 Å². The Balaban J connectivity index is 1.80. The maximum atomic E-state index is 12.6. The molecule has 0 saturated heterocycles. The van der Waals surface area contributed by atoms with Crippen molar-refractivity contribution in [2.45, 2.75) is 19.1 Å². The minimum atomic E-state index is -4.41. The summed E-state index contributed by atoms with van der Waals surface area (Å²) in [6.45, 7) is 1.85. The Morgan fingerprint density at radius 1 is 0.920 bits per heavy atom. The lowest BCUT2D eigenvalue weighted by Gasteiger charge is -2.17. The van der Waals surface area contributed by atoms with Crippen LogP contribution in [0.15, 0.2) is 66.7 Å². The molecule has 0 aliphatic heterocycles. The van der Waals surface area contributed by atoms with Crippen LogP contribution in [-0.2, 0) is 6.18 Å². The second kappa shape index (κ2) is 6.59. The first-order valence-corrected chi connectivity index (χ1v) is 7.82. The fourth-order valence-corrected chi connectivity index (χ4v) is 2.80. The van der Waals surface area contributed by atoms with E-state index >= 15 is 0 Å². The Morgan fingerprint density at radius 2 is 1.56 bits per heavy atom. The highest BCUT2D eigenvalue weighted by atomic mass is 19.4. The van der Waals surface area contributed by atoms with Crippen molar-refractivity contribution >= 4 is 16.7 Å². The summed E-state index contributed by atoms with van der Waals surface area (Å²) in [7, 11) is 0. The molecule has 0 aliphatic carbocycles. The van der Waals surface area contributed by atoms with Crippen molar-refractivity contribution in [1.82, 2.24) is 5.32 Å². The van der Waals surface area contributed by atoms with Crippen LogP contribution in [0.2, 0.25) is 0 Å². The molecule has 25 heavy (non-hydrogen) atoms. The SMILES string of the molecule is C[C@H](NC(=O)c1ccc(C(F)(F)F)cc1)c1cccc2ccccc12. The second-order valence-electron chi connectivity index (χ2n) is 5.84. The first kappa shape index (κ1) is 17.0. The summed E-state index contributed by atoms with van der Waals surface area (Å²) >= 11 is 0. The van der Waals surface area contributed by atoms with E-state index in [4.69, 9.17) is 0 Å². The zero-order valence-corrected chi connectivity index (χ0v) is 13.5. The topological polar surface area (TPSA) is 29.1 Å². The van der Waals surface area contributed by atoms with Crippen LogP contribution in [0.25, 0.3) is 10.8 Å². The van der Waals surface area contributed by atoms with E-state index in [9.17, 15) is 18.0 Å². The number of benzene rings is 3. The van der Waals surface area contributed by atoms with Crippen LogP contribution >= 0.6 is 0 Å². The zero-order valence-electron chi connectivity index (χ0n) is 13.5. The maximum Gasteiger partial charge on any atom is 0.416 e. The third-order valence-electron chi connectivity index (χ3n) is 4.11. The van der Waals surface area contributed by atoms with Gasteiger partial charge >= 0.3 is 6.18 Å². The van der Waals surface area contributed by atoms with Gasteiger partial charge in [-0.15, -0.1) is 0 Å². The average molecular weight is 343 g/mol. The van der Waals surface area contributed by atoms with Crippen molar-refractivity contribution in [1.29, 1.82) is 0 Å². The molecular formula is C20H16F3NO. The molecule has 0 heterocycles. The van der Waals surface area contributed by atoms with E-state index in [1.807, 2.05) is 49.4 Å². The molecule has 5 heteroatoms. The van der Waals surface area contributed by atoms with Gasteiger partial charge in [0.2, 0.25) is 0 Å². The van der Waals surface area contributed by atoms with Gasteiger partial charge in [-0.25, -0.2) is 0 Å². The van der Waals surface area contributed by atoms with E-state index in [-0.39, 0.29) is 11.6 Å². The monoisotopic (exact) mass is 343 g/mol. The highest BCUT2D eigenvalue weighted by Gasteiger charge is 2.30. The van der Waals surface area contributed by atoms with Gasteiger partial charge in [0, 0.05) is 5.56 Å². The number of hydrogen-bond donors (Lipinski definition) is 1. The maximum absolute atomic E-state index is 12.6. The van der Waals surface area contributed by atoms with Gasteiger partial charge in [-0.1, -0.05) is 42.5 Å². The largest absolute Gasteiger partial charge is 0.416 e. The van der Waals surface area contributed by atoms with Gasteiger partial charge in [0.1, 0.15) is 0 Å². The molecule has 0 saturated carbocycles. The van der Waals surface area contributed by atoms with Gasteiger partial charge in [-0.2, -0.15) is 13.2 Å². The molecule has 1 N–H and O–H groups in total. The van der Waals surface area contributed by atoms with Gasteiger partial charge in [0.15, 0.2) is 0 Å². The lowest BCUT2D eigenvalue weighted by Crippen LogP contribution is -2.26. The molecule has 3 rings (SSSR count). The third-order valence-corrected chi connectivity index (χ3v) is 4.11. The van der Waals surface area contributed by atoms with Crippen LogP contribution in [0.3, 0.4) is 0 Å². The minimum Gasteiger partial charge on any atom is -0.345 e. The average Bonchev–Trinajstić information content (AvgIpc) is 2.60. The summed E-state index contributed by atoms with van der Waals surface area (Å²) < 4.78 is 37.8. The molecular weight excluding hydrogens is 327 g/mol. The summed E-state index contributed by atoms with van der Waals surface area (Å²) in [6, 6.07) is 17.6. The molecule has 0 aliphatic rings. The fraction of sp³-hybridized carbons (Fsp3) is 0.150. The van der Waals surface area contributed by atoms with Crippen LogP contribution in [-0.4, -0.2) is 5.91 Å². The third kappa shape index (κ3) is 3.65. The number of hydrogen-bond acceptors (Lipinski definition) is 1. The molecule has 2 nitrogen and oxygen atoms in total. The second-order valence-corrected chi connectivity index (χ2v) is 5.84. The summed E-state index contributed by atoms with van der Waals surface area (Å²) in [4.78, 5) is 12.3. The van der Waals surface area contributed by atoms with Crippen molar-refractivity contribution in [3.63, 3.8) is 0 Å². The molecule has 0 unspecified atom stereocenters. The molecule has 1 amide bonds. The highest BCUT2D eigenvalue weighted by molar-refractivity contribution is 5.95. The van der Waals surface area contributed by atoms with Crippen molar-refractivity contribution in [3.05, 3.63) is 83.4 Å². The van der Waals surface area contributed by atoms with Crippen LogP contribution in [0.4, 0.5) is 13.2 Å². The summed E-state index contributed by atoms with van der Waals surface area (Å²) in [5.41, 5.74) is 0.379. The first-order valence-electron chi connectivity index (χ1n) is 7.82. The number of halogens is 3. The lowest BCUT2D eigenvalue weighted by atomic mass is 9.99. The fourth-order valence-electron chi connectivity index (χ4n) is 2.80. The van der Waals surface area contributed by atoms with Gasteiger partial charge in [-0.3, -0.25) is 4.79 Å². The predicted molar refractivity (Wildman–Crippen MR) is 91.3 cm³/mol. The van der Waals surface area contributed by atoms with Crippen molar-refractivity contribution in [3.8, 4) is 0 Å². The number of alkyl halides is 3. The summed E-state index contributed by atoms with van der Waals surface area (Å²) in [6.07, 6.45) is -4.41. The molecule has 0 radical (unpaired) electrons. The van der Waals surface area contributed by atoms with E-state index in [1.165, 1.54) is 12.1 Å².